The molecule has 1 atom stereocenters. The predicted molar refractivity (Wildman–Crippen MR) is 138 cm³/mol. The SMILES string of the molecule is COC(=O)C1=C(C)N=c2s/c(=C\c3cccc4ccccc34)c(=O)n2[C@H]1c1cc(Cl)ccc1OC. The van der Waals surface area contributed by atoms with E-state index in [9.17, 15) is 9.59 Å². The van der Waals surface area contributed by atoms with E-state index in [2.05, 4.69) is 4.99 Å². The first kappa shape index (κ1) is 23.1. The number of allylic oxidation sites excluding steroid dienone is 1. The van der Waals surface area contributed by atoms with Gasteiger partial charge in [-0.25, -0.2) is 9.79 Å². The molecule has 35 heavy (non-hydrogen) atoms. The first-order valence-electron chi connectivity index (χ1n) is 10.8. The highest BCUT2D eigenvalue weighted by molar-refractivity contribution is 7.07. The van der Waals surface area contributed by atoms with Crippen LogP contribution in [0.3, 0.4) is 0 Å². The molecule has 5 rings (SSSR count). The monoisotopic (exact) mass is 504 g/mol. The molecule has 0 amide bonds. The number of carbonyl (C=O) groups is 1. The highest BCUT2D eigenvalue weighted by atomic mass is 35.5. The summed E-state index contributed by atoms with van der Waals surface area (Å²) in [5, 5.41) is 2.58. The van der Waals surface area contributed by atoms with E-state index >= 15 is 0 Å². The minimum atomic E-state index is -0.804. The largest absolute Gasteiger partial charge is 0.496 e. The lowest BCUT2D eigenvalue weighted by Crippen LogP contribution is -2.40. The van der Waals surface area contributed by atoms with Gasteiger partial charge in [-0.15, -0.1) is 0 Å². The molecule has 1 aliphatic rings. The second-order valence-corrected chi connectivity index (χ2v) is 9.47. The first-order valence-corrected chi connectivity index (χ1v) is 12.0. The number of methoxy groups -OCH3 is 2. The number of nitrogens with zero attached hydrogens (tertiary/aromatic N) is 2. The second-order valence-electron chi connectivity index (χ2n) is 8.03. The summed E-state index contributed by atoms with van der Waals surface area (Å²) >= 11 is 7.60. The van der Waals surface area contributed by atoms with Crippen molar-refractivity contribution in [2.75, 3.05) is 14.2 Å². The third-order valence-electron chi connectivity index (χ3n) is 6.02. The van der Waals surface area contributed by atoms with E-state index in [-0.39, 0.29) is 11.1 Å². The van der Waals surface area contributed by atoms with Crippen LogP contribution in [0.25, 0.3) is 16.8 Å². The number of fused-ring (bicyclic) bond motifs is 2. The van der Waals surface area contributed by atoms with Crippen LogP contribution in [-0.2, 0) is 9.53 Å². The van der Waals surface area contributed by atoms with Gasteiger partial charge in [0.05, 0.1) is 30.0 Å². The smallest absolute Gasteiger partial charge is 0.338 e. The topological polar surface area (TPSA) is 69.9 Å². The Balaban J connectivity index is 1.81. The highest BCUT2D eigenvalue weighted by Crippen LogP contribution is 2.37. The van der Waals surface area contributed by atoms with Gasteiger partial charge in [-0.1, -0.05) is 65.4 Å². The quantitative estimate of drug-likeness (QED) is 0.390. The third kappa shape index (κ3) is 3.96. The maximum absolute atomic E-state index is 13.8. The average Bonchev–Trinajstić information content (AvgIpc) is 3.17. The summed E-state index contributed by atoms with van der Waals surface area (Å²) < 4.78 is 12.7. The Kier molecular flexibility index (Phi) is 6.05. The molecule has 3 aromatic carbocycles. The van der Waals surface area contributed by atoms with Gasteiger partial charge in [0.2, 0.25) is 0 Å². The normalized spacial score (nSPS) is 15.7. The lowest BCUT2D eigenvalue weighted by molar-refractivity contribution is -0.136. The molecule has 0 saturated heterocycles. The molecule has 1 aromatic heterocycles. The summed E-state index contributed by atoms with van der Waals surface area (Å²) in [6, 6.07) is 18.3. The van der Waals surface area contributed by atoms with Crippen molar-refractivity contribution in [1.29, 1.82) is 0 Å². The van der Waals surface area contributed by atoms with Crippen LogP contribution in [0.4, 0.5) is 0 Å². The van der Waals surface area contributed by atoms with Crippen molar-refractivity contribution in [3.05, 3.63) is 108 Å². The van der Waals surface area contributed by atoms with E-state index in [1.165, 1.54) is 30.1 Å². The van der Waals surface area contributed by atoms with Crippen LogP contribution < -0.4 is 19.6 Å². The molecular formula is C27H21ClN2O4S. The van der Waals surface area contributed by atoms with Crippen molar-refractivity contribution in [1.82, 2.24) is 4.57 Å². The Bertz CT molecular complexity index is 1700. The molecule has 0 radical (unpaired) electrons. The van der Waals surface area contributed by atoms with Crippen LogP contribution >= 0.6 is 22.9 Å². The first-order chi connectivity index (χ1) is 16.9. The predicted octanol–water partition coefficient (Wildman–Crippen LogP) is 4.22. The minimum Gasteiger partial charge on any atom is -0.496 e. The van der Waals surface area contributed by atoms with E-state index < -0.39 is 12.0 Å². The summed E-state index contributed by atoms with van der Waals surface area (Å²) in [6.45, 7) is 1.73. The summed E-state index contributed by atoms with van der Waals surface area (Å²) in [5.41, 5.74) is 1.98. The van der Waals surface area contributed by atoms with Crippen LogP contribution in [-0.4, -0.2) is 24.8 Å². The van der Waals surface area contributed by atoms with Crippen LogP contribution in [0.2, 0.25) is 5.02 Å². The summed E-state index contributed by atoms with van der Waals surface area (Å²) in [4.78, 5) is 31.8. The van der Waals surface area contributed by atoms with Crippen LogP contribution in [0.15, 0.2) is 81.7 Å². The average molecular weight is 505 g/mol. The molecule has 4 aromatic rings. The van der Waals surface area contributed by atoms with Crippen LogP contribution in [0, 0.1) is 0 Å². The van der Waals surface area contributed by atoms with Gasteiger partial charge in [0.1, 0.15) is 11.8 Å². The number of hydrogen-bond donors (Lipinski definition) is 0. The Morgan fingerprint density at radius 3 is 2.66 bits per heavy atom. The Hall–Kier alpha value is -3.68. The van der Waals surface area contributed by atoms with E-state index in [1.54, 1.807) is 25.1 Å². The Morgan fingerprint density at radius 1 is 1.11 bits per heavy atom. The lowest BCUT2D eigenvalue weighted by atomic mass is 9.95. The number of thiazole rings is 1. The van der Waals surface area contributed by atoms with Crippen molar-refractivity contribution in [2.45, 2.75) is 13.0 Å². The molecule has 0 bridgehead atoms. The van der Waals surface area contributed by atoms with Gasteiger partial charge in [0.15, 0.2) is 4.80 Å². The zero-order valence-corrected chi connectivity index (χ0v) is 20.8. The third-order valence-corrected chi connectivity index (χ3v) is 7.24. The van der Waals surface area contributed by atoms with E-state index in [4.69, 9.17) is 21.1 Å². The van der Waals surface area contributed by atoms with E-state index in [1.807, 2.05) is 48.5 Å². The van der Waals surface area contributed by atoms with Crippen molar-refractivity contribution in [3.63, 3.8) is 0 Å². The fraction of sp³-hybridized carbons (Fsp3) is 0.148. The Morgan fingerprint density at radius 2 is 1.89 bits per heavy atom. The van der Waals surface area contributed by atoms with Crippen molar-refractivity contribution < 1.29 is 14.3 Å². The molecule has 0 fully saturated rings. The van der Waals surface area contributed by atoms with E-state index in [0.29, 0.717) is 31.4 Å². The standard InChI is InChI=1S/C27H21ClN2O4S/c1-15-23(26(32)34-3)24(20-14-18(28)11-12-21(20)33-2)30-25(31)22(35-27(30)29-15)13-17-9-6-8-16-7-4-5-10-19(16)17/h4-14,24H,1-3H3/b22-13-/t24-/m0/s1. The zero-order valence-electron chi connectivity index (χ0n) is 19.2. The molecule has 6 nitrogen and oxygen atoms in total. The summed E-state index contributed by atoms with van der Waals surface area (Å²) in [5.74, 6) is -0.0688. The number of ether oxygens (including phenoxy) is 2. The molecule has 8 heteroatoms. The zero-order chi connectivity index (χ0) is 24.7. The molecule has 0 aliphatic carbocycles. The van der Waals surface area contributed by atoms with Gasteiger partial charge >= 0.3 is 5.97 Å². The fourth-order valence-electron chi connectivity index (χ4n) is 4.42. The van der Waals surface area contributed by atoms with Gasteiger partial charge in [0.25, 0.3) is 5.56 Å². The van der Waals surface area contributed by atoms with Crippen LogP contribution in [0.1, 0.15) is 24.1 Å². The van der Waals surface area contributed by atoms with Gasteiger partial charge in [-0.05, 0) is 47.5 Å². The second kappa shape index (κ2) is 9.17. The molecule has 0 N–H and O–H groups in total. The number of rotatable bonds is 4. The number of esters is 1. The molecule has 2 heterocycles. The summed E-state index contributed by atoms with van der Waals surface area (Å²) in [6.07, 6.45) is 1.87. The molecule has 1 aliphatic heterocycles. The maximum Gasteiger partial charge on any atom is 0.338 e. The number of carbonyl (C=O) groups excluding carboxylic acids is 1. The number of aromatic nitrogens is 1. The number of halogens is 1. The highest BCUT2D eigenvalue weighted by Gasteiger charge is 2.35. The van der Waals surface area contributed by atoms with E-state index in [0.717, 1.165) is 16.3 Å². The summed E-state index contributed by atoms with van der Waals surface area (Å²) in [7, 11) is 2.84. The maximum atomic E-state index is 13.8. The Labute approximate surface area is 210 Å². The molecule has 176 valence electrons. The molecular weight excluding hydrogens is 484 g/mol. The van der Waals surface area contributed by atoms with Crippen molar-refractivity contribution in [3.8, 4) is 5.75 Å². The minimum absolute atomic E-state index is 0.261. The van der Waals surface area contributed by atoms with Gasteiger partial charge in [-0.3, -0.25) is 9.36 Å². The van der Waals surface area contributed by atoms with Gasteiger partial charge < -0.3 is 9.47 Å². The van der Waals surface area contributed by atoms with Gasteiger partial charge in [-0.2, -0.15) is 0 Å². The number of hydrogen-bond acceptors (Lipinski definition) is 6. The molecule has 0 unspecified atom stereocenters. The van der Waals surface area contributed by atoms with Gasteiger partial charge in [0, 0.05) is 10.6 Å². The molecule has 0 spiro atoms. The fourth-order valence-corrected chi connectivity index (χ4v) is 5.64. The number of benzene rings is 3. The van der Waals surface area contributed by atoms with Crippen LogP contribution in [0.5, 0.6) is 5.75 Å². The van der Waals surface area contributed by atoms with Crippen molar-refractivity contribution in [2.24, 2.45) is 4.99 Å². The lowest BCUT2D eigenvalue weighted by Gasteiger charge is -2.25. The van der Waals surface area contributed by atoms with Crippen molar-refractivity contribution >= 4 is 45.8 Å². The molecule has 0 saturated carbocycles.